The van der Waals surface area contributed by atoms with E-state index >= 15 is 0 Å². The number of halogens is 1. The normalized spacial score (nSPS) is 9.53. The molecule has 0 saturated carbocycles. The highest BCUT2D eigenvalue weighted by molar-refractivity contribution is 9.11. The summed E-state index contributed by atoms with van der Waals surface area (Å²) in [6.07, 6.45) is 0. The fourth-order valence-electron chi connectivity index (χ4n) is 1.14. The zero-order valence-corrected chi connectivity index (χ0v) is 10.4. The SMILES string of the molecule is C=C(Br)CNc1cc(OC)ccc1OC. The lowest BCUT2D eigenvalue weighted by atomic mass is 10.2. The number of rotatable bonds is 5. The number of hydrogen-bond donors (Lipinski definition) is 1. The third-order valence-corrected chi connectivity index (χ3v) is 2.16. The van der Waals surface area contributed by atoms with Crippen LogP contribution in [0.5, 0.6) is 11.5 Å². The lowest BCUT2D eigenvalue weighted by Gasteiger charge is -2.11. The molecule has 0 unspecified atom stereocenters. The average molecular weight is 272 g/mol. The van der Waals surface area contributed by atoms with Crippen LogP contribution in [0.25, 0.3) is 0 Å². The molecule has 1 rings (SSSR count). The molecular formula is C11H14BrNO2. The summed E-state index contributed by atoms with van der Waals surface area (Å²) in [4.78, 5) is 0. The Balaban J connectivity index is 2.85. The predicted octanol–water partition coefficient (Wildman–Crippen LogP) is 3.02. The molecule has 0 radical (unpaired) electrons. The number of hydrogen-bond acceptors (Lipinski definition) is 3. The molecule has 0 saturated heterocycles. The molecule has 1 aromatic rings. The van der Waals surface area contributed by atoms with Crippen molar-refractivity contribution in [2.24, 2.45) is 0 Å². The van der Waals surface area contributed by atoms with Gasteiger partial charge in [0.2, 0.25) is 0 Å². The molecule has 0 heterocycles. The van der Waals surface area contributed by atoms with Crippen LogP contribution in [0.3, 0.4) is 0 Å². The van der Waals surface area contributed by atoms with Gasteiger partial charge < -0.3 is 14.8 Å². The van der Waals surface area contributed by atoms with Crippen LogP contribution < -0.4 is 14.8 Å². The molecule has 0 aliphatic rings. The topological polar surface area (TPSA) is 30.5 Å². The second-order valence-corrected chi connectivity index (χ2v) is 4.06. The van der Waals surface area contributed by atoms with Crippen molar-refractivity contribution >= 4 is 21.6 Å². The van der Waals surface area contributed by atoms with Gasteiger partial charge in [-0.25, -0.2) is 0 Å². The molecule has 0 bridgehead atoms. The van der Waals surface area contributed by atoms with Crippen molar-refractivity contribution in [3.8, 4) is 11.5 Å². The second-order valence-electron chi connectivity index (χ2n) is 2.94. The molecule has 0 atom stereocenters. The van der Waals surface area contributed by atoms with E-state index < -0.39 is 0 Å². The minimum Gasteiger partial charge on any atom is -0.497 e. The van der Waals surface area contributed by atoms with Gasteiger partial charge in [0.25, 0.3) is 0 Å². The summed E-state index contributed by atoms with van der Waals surface area (Å²) in [5, 5.41) is 3.19. The Labute approximate surface area is 98.2 Å². The summed E-state index contributed by atoms with van der Waals surface area (Å²) in [5.74, 6) is 1.57. The van der Waals surface area contributed by atoms with Gasteiger partial charge in [0.15, 0.2) is 0 Å². The number of benzene rings is 1. The van der Waals surface area contributed by atoms with Crippen molar-refractivity contribution in [3.63, 3.8) is 0 Å². The Kier molecular flexibility index (Phi) is 4.49. The van der Waals surface area contributed by atoms with Crippen LogP contribution in [0, 0.1) is 0 Å². The number of ether oxygens (including phenoxy) is 2. The summed E-state index contributed by atoms with van der Waals surface area (Å²) in [6.45, 7) is 4.39. The third kappa shape index (κ3) is 3.47. The van der Waals surface area contributed by atoms with Gasteiger partial charge in [-0.2, -0.15) is 0 Å². The van der Waals surface area contributed by atoms with Gasteiger partial charge >= 0.3 is 0 Å². The van der Waals surface area contributed by atoms with Gasteiger partial charge in [-0.1, -0.05) is 22.5 Å². The fourth-order valence-corrected chi connectivity index (χ4v) is 1.28. The smallest absolute Gasteiger partial charge is 0.142 e. The van der Waals surface area contributed by atoms with E-state index in [9.17, 15) is 0 Å². The Morgan fingerprint density at radius 2 is 2.13 bits per heavy atom. The van der Waals surface area contributed by atoms with Crippen LogP contribution in [0.2, 0.25) is 0 Å². The number of nitrogens with one attached hydrogen (secondary N) is 1. The first-order chi connectivity index (χ1) is 7.17. The standard InChI is InChI=1S/C11H14BrNO2/c1-8(12)7-13-10-6-9(14-2)4-5-11(10)15-3/h4-6,13H,1,7H2,2-3H3. The van der Waals surface area contributed by atoms with E-state index in [1.54, 1.807) is 14.2 Å². The van der Waals surface area contributed by atoms with E-state index in [1.807, 2.05) is 18.2 Å². The summed E-state index contributed by atoms with van der Waals surface area (Å²) >= 11 is 3.28. The maximum absolute atomic E-state index is 5.21. The van der Waals surface area contributed by atoms with Crippen molar-refractivity contribution in [1.29, 1.82) is 0 Å². The maximum Gasteiger partial charge on any atom is 0.142 e. The Hall–Kier alpha value is -1.16. The van der Waals surface area contributed by atoms with E-state index in [1.165, 1.54) is 0 Å². The molecule has 3 nitrogen and oxygen atoms in total. The van der Waals surface area contributed by atoms with Gasteiger partial charge in [-0.05, 0) is 12.1 Å². The lowest BCUT2D eigenvalue weighted by molar-refractivity contribution is 0.404. The van der Waals surface area contributed by atoms with Crippen LogP contribution in [0.15, 0.2) is 29.3 Å². The Bertz CT molecular complexity index is 352. The minimum absolute atomic E-state index is 0.642. The minimum atomic E-state index is 0.642. The van der Waals surface area contributed by atoms with Crippen LogP contribution in [0.4, 0.5) is 5.69 Å². The van der Waals surface area contributed by atoms with Gasteiger partial charge in [0, 0.05) is 17.1 Å². The lowest BCUT2D eigenvalue weighted by Crippen LogP contribution is -2.02. The summed E-state index contributed by atoms with van der Waals surface area (Å²) in [6, 6.07) is 5.60. The van der Waals surface area contributed by atoms with E-state index in [0.29, 0.717) is 6.54 Å². The van der Waals surface area contributed by atoms with Crippen LogP contribution in [0.1, 0.15) is 0 Å². The summed E-state index contributed by atoms with van der Waals surface area (Å²) in [7, 11) is 3.27. The largest absolute Gasteiger partial charge is 0.497 e. The molecule has 0 aliphatic carbocycles. The molecule has 0 fully saturated rings. The highest BCUT2D eigenvalue weighted by Gasteiger charge is 2.04. The highest BCUT2D eigenvalue weighted by atomic mass is 79.9. The molecule has 0 aliphatic heterocycles. The molecule has 4 heteroatoms. The number of anilines is 1. The van der Waals surface area contributed by atoms with E-state index in [4.69, 9.17) is 9.47 Å². The Morgan fingerprint density at radius 3 is 2.67 bits per heavy atom. The molecule has 82 valence electrons. The van der Waals surface area contributed by atoms with E-state index in [2.05, 4.69) is 27.8 Å². The monoisotopic (exact) mass is 271 g/mol. The molecule has 0 amide bonds. The Morgan fingerprint density at radius 1 is 1.40 bits per heavy atom. The zero-order chi connectivity index (χ0) is 11.3. The maximum atomic E-state index is 5.21. The molecule has 1 aromatic carbocycles. The van der Waals surface area contributed by atoms with Crippen LogP contribution >= 0.6 is 15.9 Å². The summed E-state index contributed by atoms with van der Waals surface area (Å²) < 4.78 is 11.2. The van der Waals surface area contributed by atoms with Crippen LogP contribution in [-0.2, 0) is 0 Å². The predicted molar refractivity (Wildman–Crippen MR) is 66.1 cm³/mol. The highest BCUT2D eigenvalue weighted by Crippen LogP contribution is 2.29. The van der Waals surface area contributed by atoms with Crippen molar-refractivity contribution < 1.29 is 9.47 Å². The molecule has 0 aromatic heterocycles. The first-order valence-corrected chi connectivity index (χ1v) is 5.26. The second kappa shape index (κ2) is 5.66. The zero-order valence-electron chi connectivity index (χ0n) is 8.84. The average Bonchev–Trinajstić information content (AvgIpc) is 2.25. The van der Waals surface area contributed by atoms with Gasteiger partial charge in [0.1, 0.15) is 11.5 Å². The first kappa shape index (κ1) is 11.9. The van der Waals surface area contributed by atoms with E-state index in [-0.39, 0.29) is 0 Å². The first-order valence-electron chi connectivity index (χ1n) is 4.46. The van der Waals surface area contributed by atoms with Crippen molar-refractivity contribution in [3.05, 3.63) is 29.3 Å². The van der Waals surface area contributed by atoms with Crippen LogP contribution in [-0.4, -0.2) is 20.8 Å². The van der Waals surface area contributed by atoms with Crippen molar-refractivity contribution in [1.82, 2.24) is 0 Å². The van der Waals surface area contributed by atoms with Gasteiger partial charge in [-0.15, -0.1) is 0 Å². The molecule has 1 N–H and O–H groups in total. The molecular weight excluding hydrogens is 258 g/mol. The summed E-state index contributed by atoms with van der Waals surface area (Å²) in [5.41, 5.74) is 0.887. The fraction of sp³-hybridized carbons (Fsp3) is 0.273. The van der Waals surface area contributed by atoms with E-state index in [0.717, 1.165) is 21.7 Å². The van der Waals surface area contributed by atoms with Crippen molar-refractivity contribution in [2.75, 3.05) is 26.1 Å². The number of methoxy groups -OCH3 is 2. The third-order valence-electron chi connectivity index (χ3n) is 1.88. The van der Waals surface area contributed by atoms with Crippen molar-refractivity contribution in [2.45, 2.75) is 0 Å². The quantitative estimate of drug-likeness (QED) is 0.893. The molecule has 0 spiro atoms. The van der Waals surface area contributed by atoms with Gasteiger partial charge in [-0.3, -0.25) is 0 Å². The molecule has 15 heavy (non-hydrogen) atoms. The van der Waals surface area contributed by atoms with Gasteiger partial charge in [0.05, 0.1) is 19.9 Å².